The second-order valence-electron chi connectivity index (χ2n) is 8.23. The van der Waals surface area contributed by atoms with Crippen molar-refractivity contribution in [1.29, 1.82) is 0 Å². The molecule has 0 spiro atoms. The summed E-state index contributed by atoms with van der Waals surface area (Å²) in [5, 5.41) is 0. The Morgan fingerprint density at radius 3 is 1.88 bits per heavy atom. The van der Waals surface area contributed by atoms with E-state index in [0.29, 0.717) is 5.92 Å². The normalized spacial score (nSPS) is 43.0. The fourth-order valence-corrected chi connectivity index (χ4v) is 6.42. The van der Waals surface area contributed by atoms with Crippen LogP contribution in [0.15, 0.2) is 60.7 Å². The third-order valence-corrected chi connectivity index (χ3v) is 7.29. The van der Waals surface area contributed by atoms with E-state index in [0.717, 1.165) is 0 Å². The van der Waals surface area contributed by atoms with Gasteiger partial charge in [0.15, 0.2) is 5.78 Å². The number of carbonyl (C=O) groups excluding carboxylic acids is 1. The first-order valence-corrected chi connectivity index (χ1v) is 9.53. The summed E-state index contributed by atoms with van der Waals surface area (Å²) in [6.07, 6.45) is 4.05. The molecule has 1 aliphatic carbocycles. The zero-order chi connectivity index (χ0) is 17.0. The van der Waals surface area contributed by atoms with E-state index in [1.165, 1.54) is 22.3 Å². The molecular formula is C23H18O3. The van der Waals surface area contributed by atoms with Crippen molar-refractivity contribution in [2.45, 2.75) is 24.4 Å². The zero-order valence-corrected chi connectivity index (χ0v) is 14.1. The van der Waals surface area contributed by atoms with Crippen LogP contribution in [0.4, 0.5) is 0 Å². The maximum atomic E-state index is 13.0. The molecule has 5 aliphatic rings. The van der Waals surface area contributed by atoms with Gasteiger partial charge < -0.3 is 9.47 Å². The van der Waals surface area contributed by atoms with Crippen LogP contribution < -0.4 is 0 Å². The lowest BCUT2D eigenvalue weighted by Crippen LogP contribution is -2.36. The molecule has 8 atom stereocenters. The number of ether oxygens (including phenoxy) is 2. The van der Waals surface area contributed by atoms with Crippen LogP contribution >= 0.6 is 0 Å². The van der Waals surface area contributed by atoms with Gasteiger partial charge in [0.1, 0.15) is 0 Å². The fourth-order valence-electron chi connectivity index (χ4n) is 6.42. The molecule has 4 heterocycles. The molecule has 0 N–H and O–H groups in total. The molecule has 0 saturated carbocycles. The SMILES string of the molecule is O=C1C=C[C@@H]2[C@H]([C@H]3[C@@H]1[C@H]1O[C@@H]3c3ccccc31)[C@H]1O[C@@H]2c2ccccc21. The number of rotatable bonds is 0. The molecule has 26 heavy (non-hydrogen) atoms. The average Bonchev–Trinajstić information content (AvgIpc) is 3.41. The van der Waals surface area contributed by atoms with Crippen LogP contribution in [-0.2, 0) is 14.3 Å². The Hall–Kier alpha value is -2.23. The number of allylic oxidation sites excluding steroid dienone is 1. The Morgan fingerprint density at radius 2 is 1.19 bits per heavy atom. The number of benzene rings is 2. The highest BCUT2D eigenvalue weighted by Crippen LogP contribution is 2.69. The Bertz CT molecular complexity index is 992. The first kappa shape index (κ1) is 13.9. The second-order valence-corrected chi connectivity index (χ2v) is 8.23. The predicted molar refractivity (Wildman–Crippen MR) is 94.1 cm³/mol. The van der Waals surface area contributed by atoms with Crippen molar-refractivity contribution in [3.8, 4) is 0 Å². The quantitative estimate of drug-likeness (QED) is 0.718. The molecule has 128 valence electrons. The fraction of sp³-hybridized carbons (Fsp3) is 0.348. The number of hydrogen-bond acceptors (Lipinski definition) is 3. The van der Waals surface area contributed by atoms with Gasteiger partial charge in [0.05, 0.1) is 30.3 Å². The van der Waals surface area contributed by atoms with Crippen molar-refractivity contribution in [1.82, 2.24) is 0 Å². The summed E-state index contributed by atoms with van der Waals surface area (Å²) in [5.41, 5.74) is 5.11. The van der Waals surface area contributed by atoms with Crippen LogP contribution in [-0.4, -0.2) is 5.78 Å². The van der Waals surface area contributed by atoms with Crippen molar-refractivity contribution >= 4 is 5.78 Å². The Kier molecular flexibility index (Phi) is 2.43. The van der Waals surface area contributed by atoms with Crippen molar-refractivity contribution in [2.24, 2.45) is 23.7 Å². The van der Waals surface area contributed by atoms with Crippen LogP contribution in [0.2, 0.25) is 0 Å². The van der Waals surface area contributed by atoms with E-state index >= 15 is 0 Å². The van der Waals surface area contributed by atoms with Crippen LogP contribution in [0.3, 0.4) is 0 Å². The van der Waals surface area contributed by atoms with Crippen molar-refractivity contribution < 1.29 is 14.3 Å². The van der Waals surface area contributed by atoms with Crippen LogP contribution in [0.1, 0.15) is 46.7 Å². The molecule has 0 aromatic heterocycles. The second kappa shape index (κ2) is 4.54. The minimum absolute atomic E-state index is 0.0210. The van der Waals surface area contributed by atoms with Gasteiger partial charge in [-0.3, -0.25) is 4.79 Å². The van der Waals surface area contributed by atoms with Gasteiger partial charge in [-0.15, -0.1) is 0 Å². The summed E-state index contributed by atoms with van der Waals surface area (Å²) in [7, 11) is 0. The smallest absolute Gasteiger partial charge is 0.161 e. The molecular weight excluding hydrogens is 324 g/mol. The summed E-state index contributed by atoms with van der Waals surface area (Å²) in [4.78, 5) is 13.0. The van der Waals surface area contributed by atoms with Gasteiger partial charge in [-0.05, 0) is 28.3 Å². The number of carbonyl (C=O) groups is 1. The minimum atomic E-state index is -0.0912. The van der Waals surface area contributed by atoms with Gasteiger partial charge in [-0.25, -0.2) is 0 Å². The first-order valence-electron chi connectivity index (χ1n) is 9.53. The number of fused-ring (bicyclic) bond motifs is 17. The summed E-state index contributed by atoms with van der Waals surface area (Å²) in [5.74, 6) is 0.937. The maximum absolute atomic E-state index is 13.0. The van der Waals surface area contributed by atoms with Gasteiger partial charge in [0, 0.05) is 17.8 Å². The van der Waals surface area contributed by atoms with Crippen molar-refractivity contribution in [3.63, 3.8) is 0 Å². The van der Waals surface area contributed by atoms with Gasteiger partial charge >= 0.3 is 0 Å². The Balaban J connectivity index is 1.42. The molecule has 3 heteroatoms. The summed E-state index contributed by atoms with van der Waals surface area (Å²) < 4.78 is 12.9. The van der Waals surface area contributed by atoms with E-state index in [1.54, 1.807) is 0 Å². The van der Waals surface area contributed by atoms with Gasteiger partial charge in [-0.2, -0.15) is 0 Å². The highest BCUT2D eigenvalue weighted by molar-refractivity contribution is 5.93. The van der Waals surface area contributed by atoms with Crippen LogP contribution in [0.25, 0.3) is 0 Å². The summed E-state index contributed by atoms with van der Waals surface area (Å²) in [6, 6.07) is 17.0. The van der Waals surface area contributed by atoms with Crippen molar-refractivity contribution in [3.05, 3.63) is 82.9 Å². The first-order chi connectivity index (χ1) is 12.8. The summed E-state index contributed by atoms with van der Waals surface area (Å²) >= 11 is 0. The minimum Gasteiger partial charge on any atom is -0.365 e. The molecule has 3 nitrogen and oxygen atoms in total. The van der Waals surface area contributed by atoms with Crippen molar-refractivity contribution in [2.75, 3.05) is 0 Å². The third-order valence-electron chi connectivity index (χ3n) is 7.29. The lowest BCUT2D eigenvalue weighted by Gasteiger charge is -2.37. The molecule has 2 saturated heterocycles. The predicted octanol–water partition coefficient (Wildman–Crippen LogP) is 4.24. The zero-order valence-electron chi connectivity index (χ0n) is 14.1. The molecule has 7 rings (SSSR count). The molecule has 2 aromatic rings. The van der Waals surface area contributed by atoms with Gasteiger partial charge in [-0.1, -0.05) is 54.6 Å². The van der Waals surface area contributed by atoms with E-state index in [-0.39, 0.29) is 48.0 Å². The molecule has 0 amide bonds. The Morgan fingerprint density at radius 1 is 0.654 bits per heavy atom. The van der Waals surface area contributed by atoms with Gasteiger partial charge in [0.25, 0.3) is 0 Å². The maximum Gasteiger partial charge on any atom is 0.161 e. The molecule has 0 unspecified atom stereocenters. The van der Waals surface area contributed by atoms with E-state index in [4.69, 9.17) is 9.47 Å². The highest BCUT2D eigenvalue weighted by atomic mass is 16.5. The monoisotopic (exact) mass is 342 g/mol. The Labute approximate surface area is 151 Å². The molecule has 2 aromatic carbocycles. The third kappa shape index (κ3) is 1.44. The lowest BCUT2D eigenvalue weighted by molar-refractivity contribution is -0.121. The van der Waals surface area contributed by atoms with Crippen LogP contribution in [0, 0.1) is 23.7 Å². The van der Waals surface area contributed by atoms with Crippen LogP contribution in [0.5, 0.6) is 0 Å². The molecule has 0 radical (unpaired) electrons. The topological polar surface area (TPSA) is 35.5 Å². The van der Waals surface area contributed by atoms with E-state index in [2.05, 4.69) is 54.6 Å². The molecule has 4 aliphatic heterocycles. The average molecular weight is 342 g/mol. The number of ketones is 1. The van der Waals surface area contributed by atoms with Gasteiger partial charge in [0.2, 0.25) is 0 Å². The van der Waals surface area contributed by atoms with E-state index in [1.807, 2.05) is 6.08 Å². The largest absolute Gasteiger partial charge is 0.365 e. The molecule has 4 bridgehead atoms. The lowest BCUT2D eigenvalue weighted by atomic mass is 9.62. The molecule has 2 fully saturated rings. The summed E-state index contributed by atoms with van der Waals surface area (Å²) in [6.45, 7) is 0. The highest BCUT2D eigenvalue weighted by Gasteiger charge is 2.64. The van der Waals surface area contributed by atoms with E-state index in [9.17, 15) is 4.79 Å². The number of hydrogen-bond donors (Lipinski definition) is 0. The van der Waals surface area contributed by atoms with E-state index < -0.39 is 0 Å². The standard InChI is InChI=1S/C23H18O3/c24-16-10-9-15-17(21-12-6-2-1-5-11(12)20(15)25-21)19-18(16)22-13-7-3-4-8-14(13)23(19)26-22/h1-10,15,17-23H/t15-,17-,18-,19+,20-,21+,22+,23-/m1/s1.